The number of amides is 1. The van der Waals surface area contributed by atoms with E-state index in [-0.39, 0.29) is 16.4 Å². The molecule has 22 heavy (non-hydrogen) atoms. The number of carbonyl (C=O) groups excluding carboxylic acids is 2. The average molecular weight is 343 g/mol. The van der Waals surface area contributed by atoms with Crippen molar-refractivity contribution in [2.75, 3.05) is 11.9 Å². The largest absolute Gasteiger partial charge is 0.451 e. The molecular formula is C14H9Cl2FN2O3. The molecule has 1 amide bonds. The molecule has 0 bridgehead atoms. The molecule has 0 radical (unpaired) electrons. The van der Waals surface area contributed by atoms with Crippen LogP contribution in [0, 0.1) is 5.82 Å². The fourth-order valence-electron chi connectivity index (χ4n) is 1.50. The van der Waals surface area contributed by atoms with Crippen molar-refractivity contribution in [2.45, 2.75) is 0 Å². The second kappa shape index (κ2) is 7.20. The summed E-state index contributed by atoms with van der Waals surface area (Å²) in [7, 11) is 0. The van der Waals surface area contributed by atoms with Crippen molar-refractivity contribution < 1.29 is 18.7 Å². The topological polar surface area (TPSA) is 68.3 Å². The van der Waals surface area contributed by atoms with Crippen molar-refractivity contribution in [3.8, 4) is 0 Å². The summed E-state index contributed by atoms with van der Waals surface area (Å²) in [4.78, 5) is 27.1. The predicted molar refractivity (Wildman–Crippen MR) is 79.6 cm³/mol. The second-order valence-electron chi connectivity index (χ2n) is 4.11. The van der Waals surface area contributed by atoms with Crippen LogP contribution in [-0.2, 0) is 9.53 Å². The number of esters is 1. The third kappa shape index (κ3) is 4.41. The second-order valence-corrected chi connectivity index (χ2v) is 4.95. The van der Waals surface area contributed by atoms with Crippen LogP contribution in [0.15, 0.2) is 36.5 Å². The van der Waals surface area contributed by atoms with Gasteiger partial charge in [0.05, 0.1) is 10.7 Å². The van der Waals surface area contributed by atoms with Crippen molar-refractivity contribution in [1.82, 2.24) is 4.98 Å². The minimum absolute atomic E-state index is 0.0138. The van der Waals surface area contributed by atoms with Crippen LogP contribution < -0.4 is 5.32 Å². The number of pyridine rings is 1. The molecule has 0 aliphatic heterocycles. The summed E-state index contributed by atoms with van der Waals surface area (Å²) in [6.45, 7) is -0.541. The number of aromatic nitrogens is 1. The van der Waals surface area contributed by atoms with Gasteiger partial charge in [-0.15, -0.1) is 0 Å². The number of hydrogen-bond donors (Lipinski definition) is 1. The van der Waals surface area contributed by atoms with Crippen LogP contribution in [0.1, 0.15) is 10.5 Å². The van der Waals surface area contributed by atoms with Crippen molar-refractivity contribution in [3.05, 3.63) is 58.1 Å². The number of rotatable bonds is 4. The minimum atomic E-state index is -0.789. The molecule has 2 rings (SSSR count). The molecule has 5 nitrogen and oxygen atoms in total. The Morgan fingerprint density at radius 1 is 1.23 bits per heavy atom. The first-order chi connectivity index (χ1) is 10.5. The van der Waals surface area contributed by atoms with E-state index in [1.165, 1.54) is 24.4 Å². The Labute approximate surface area is 135 Å². The highest BCUT2D eigenvalue weighted by Crippen LogP contribution is 2.22. The first kappa shape index (κ1) is 16.2. The smallest absolute Gasteiger partial charge is 0.357 e. The highest BCUT2D eigenvalue weighted by molar-refractivity contribution is 6.33. The van der Waals surface area contributed by atoms with Crippen LogP contribution >= 0.6 is 23.2 Å². The molecule has 0 saturated carbocycles. The van der Waals surface area contributed by atoms with E-state index in [1.54, 1.807) is 0 Å². The monoisotopic (exact) mass is 342 g/mol. The molecule has 1 aromatic carbocycles. The molecule has 0 saturated heterocycles. The SMILES string of the molecule is O=C(COC(=O)c1cc(Cl)ccn1)Nc1ccc(F)cc1Cl. The number of benzene rings is 1. The van der Waals surface area contributed by atoms with Gasteiger partial charge >= 0.3 is 5.97 Å². The summed E-state index contributed by atoms with van der Waals surface area (Å²) >= 11 is 11.5. The molecule has 0 atom stereocenters. The van der Waals surface area contributed by atoms with Crippen LogP contribution in [0.2, 0.25) is 10.0 Å². The normalized spacial score (nSPS) is 10.1. The van der Waals surface area contributed by atoms with E-state index in [4.69, 9.17) is 27.9 Å². The first-order valence-electron chi connectivity index (χ1n) is 5.99. The molecule has 0 unspecified atom stereocenters. The number of nitrogens with one attached hydrogen (secondary N) is 1. The van der Waals surface area contributed by atoms with Crippen LogP contribution in [0.4, 0.5) is 10.1 Å². The summed E-state index contributed by atoms with van der Waals surface area (Å²) in [5.41, 5.74) is 0.199. The Hall–Kier alpha value is -2.18. The van der Waals surface area contributed by atoms with E-state index >= 15 is 0 Å². The summed E-state index contributed by atoms with van der Waals surface area (Å²) in [5.74, 6) is -1.94. The van der Waals surface area contributed by atoms with E-state index < -0.39 is 24.3 Å². The first-order valence-corrected chi connectivity index (χ1v) is 6.75. The lowest BCUT2D eigenvalue weighted by Crippen LogP contribution is -2.21. The fourth-order valence-corrected chi connectivity index (χ4v) is 1.87. The zero-order valence-electron chi connectivity index (χ0n) is 11.0. The van der Waals surface area contributed by atoms with Crippen molar-refractivity contribution in [2.24, 2.45) is 0 Å². The molecule has 0 fully saturated rings. The van der Waals surface area contributed by atoms with Gasteiger partial charge in [0.25, 0.3) is 5.91 Å². The summed E-state index contributed by atoms with van der Waals surface area (Å²) < 4.78 is 17.7. The van der Waals surface area contributed by atoms with Gasteiger partial charge in [-0.2, -0.15) is 0 Å². The van der Waals surface area contributed by atoms with Gasteiger partial charge in [-0.25, -0.2) is 14.2 Å². The number of anilines is 1. The molecule has 2 aromatic rings. The standard InChI is InChI=1S/C14H9Cl2FN2O3/c15-8-3-4-18-12(5-8)14(21)22-7-13(20)19-11-2-1-9(17)6-10(11)16/h1-6H,7H2,(H,19,20). The molecule has 0 aliphatic carbocycles. The van der Waals surface area contributed by atoms with Crippen molar-refractivity contribution in [3.63, 3.8) is 0 Å². The highest BCUT2D eigenvalue weighted by Gasteiger charge is 2.13. The van der Waals surface area contributed by atoms with Crippen molar-refractivity contribution >= 4 is 40.8 Å². The molecule has 0 aliphatic rings. The average Bonchev–Trinajstić information content (AvgIpc) is 2.47. The number of nitrogens with zero attached hydrogens (tertiary/aromatic N) is 1. The van der Waals surface area contributed by atoms with Gasteiger partial charge in [-0.05, 0) is 30.3 Å². The van der Waals surface area contributed by atoms with E-state index in [2.05, 4.69) is 10.3 Å². The van der Waals surface area contributed by atoms with Gasteiger partial charge in [0.1, 0.15) is 11.5 Å². The highest BCUT2D eigenvalue weighted by atomic mass is 35.5. The Morgan fingerprint density at radius 3 is 2.68 bits per heavy atom. The van der Waals surface area contributed by atoms with E-state index in [0.29, 0.717) is 5.02 Å². The van der Waals surface area contributed by atoms with Gasteiger partial charge < -0.3 is 10.1 Å². The lowest BCUT2D eigenvalue weighted by Gasteiger charge is -2.08. The summed E-state index contributed by atoms with van der Waals surface area (Å²) in [5, 5.41) is 2.76. The van der Waals surface area contributed by atoms with Crippen LogP contribution in [0.3, 0.4) is 0 Å². The number of halogens is 3. The minimum Gasteiger partial charge on any atom is -0.451 e. The third-order valence-electron chi connectivity index (χ3n) is 2.47. The maximum absolute atomic E-state index is 12.9. The lowest BCUT2D eigenvalue weighted by atomic mass is 10.3. The van der Waals surface area contributed by atoms with Gasteiger partial charge in [0.2, 0.25) is 0 Å². The van der Waals surface area contributed by atoms with Crippen LogP contribution in [0.25, 0.3) is 0 Å². The summed E-state index contributed by atoms with van der Waals surface area (Å²) in [6, 6.07) is 6.32. The summed E-state index contributed by atoms with van der Waals surface area (Å²) in [6.07, 6.45) is 1.34. The zero-order chi connectivity index (χ0) is 16.1. The third-order valence-corrected chi connectivity index (χ3v) is 3.02. The number of carbonyl (C=O) groups is 2. The van der Waals surface area contributed by atoms with Gasteiger partial charge in [-0.3, -0.25) is 4.79 Å². The van der Waals surface area contributed by atoms with Crippen molar-refractivity contribution in [1.29, 1.82) is 0 Å². The Morgan fingerprint density at radius 2 is 2.00 bits per heavy atom. The Kier molecular flexibility index (Phi) is 5.30. The Balaban J connectivity index is 1.91. The maximum atomic E-state index is 12.9. The van der Waals surface area contributed by atoms with Gasteiger partial charge in [0.15, 0.2) is 6.61 Å². The quantitative estimate of drug-likeness (QED) is 0.865. The van der Waals surface area contributed by atoms with Crippen LogP contribution in [0.5, 0.6) is 0 Å². The molecule has 1 N–H and O–H groups in total. The lowest BCUT2D eigenvalue weighted by molar-refractivity contribution is -0.119. The zero-order valence-corrected chi connectivity index (χ0v) is 12.5. The van der Waals surface area contributed by atoms with Crippen LogP contribution in [-0.4, -0.2) is 23.5 Å². The van der Waals surface area contributed by atoms with E-state index in [9.17, 15) is 14.0 Å². The van der Waals surface area contributed by atoms with E-state index in [0.717, 1.165) is 12.1 Å². The predicted octanol–water partition coefficient (Wildman–Crippen LogP) is 3.32. The molecule has 1 aromatic heterocycles. The van der Waals surface area contributed by atoms with Gasteiger partial charge in [-0.1, -0.05) is 23.2 Å². The number of hydrogen-bond acceptors (Lipinski definition) is 4. The number of ether oxygens (including phenoxy) is 1. The molecule has 1 heterocycles. The maximum Gasteiger partial charge on any atom is 0.357 e. The Bertz CT molecular complexity index is 725. The fraction of sp³-hybridized carbons (Fsp3) is 0.0714. The van der Waals surface area contributed by atoms with E-state index in [1.807, 2.05) is 0 Å². The molecule has 8 heteroatoms. The molecule has 0 spiro atoms. The van der Waals surface area contributed by atoms with Gasteiger partial charge in [0, 0.05) is 11.2 Å². The molecule has 114 valence electrons. The molecular weight excluding hydrogens is 334 g/mol.